The van der Waals surface area contributed by atoms with E-state index in [9.17, 15) is 14.4 Å². The molecule has 0 saturated heterocycles. The van der Waals surface area contributed by atoms with E-state index in [1.165, 1.54) is 30.1 Å². The van der Waals surface area contributed by atoms with Gasteiger partial charge < -0.3 is 4.90 Å². The maximum atomic E-state index is 13.2. The molecule has 1 aromatic carbocycles. The minimum absolute atomic E-state index is 0.210. The van der Waals surface area contributed by atoms with Crippen LogP contribution in [-0.2, 0) is 0 Å². The summed E-state index contributed by atoms with van der Waals surface area (Å²) < 4.78 is 13.2. The van der Waals surface area contributed by atoms with Gasteiger partial charge in [0.25, 0.3) is 5.91 Å². The minimum Gasteiger partial charge on any atom is -0.322 e. The monoisotopic (exact) mass is 269 g/mol. The van der Waals surface area contributed by atoms with Gasteiger partial charge >= 0.3 is 0 Å². The molecule has 100 valence electrons. The van der Waals surface area contributed by atoms with Crippen LogP contribution >= 0.6 is 0 Å². The fraction of sp³-hybridized carbons (Fsp3) is 0.133. The van der Waals surface area contributed by atoms with Gasteiger partial charge in [-0.3, -0.25) is 9.78 Å². The highest BCUT2D eigenvalue weighted by Crippen LogP contribution is 2.20. The fourth-order valence-corrected chi connectivity index (χ4v) is 1.87. The third-order valence-electron chi connectivity index (χ3n) is 2.92. The van der Waals surface area contributed by atoms with E-state index >= 15 is 0 Å². The van der Waals surface area contributed by atoms with E-state index in [4.69, 9.17) is 0 Å². The Morgan fingerprint density at radius 3 is 2.65 bits per heavy atom. The fourth-order valence-electron chi connectivity index (χ4n) is 1.87. The van der Waals surface area contributed by atoms with Gasteiger partial charge in [-0.1, -0.05) is 6.07 Å². The van der Waals surface area contributed by atoms with Crippen LogP contribution in [0.2, 0.25) is 0 Å². The van der Waals surface area contributed by atoms with Crippen molar-refractivity contribution in [3.05, 3.63) is 65.7 Å². The van der Waals surface area contributed by atoms with Crippen molar-refractivity contribution >= 4 is 5.91 Å². The quantitative estimate of drug-likeness (QED) is 0.860. The summed E-state index contributed by atoms with van der Waals surface area (Å²) in [6.07, 6.45) is 3.11. The molecular weight excluding hydrogens is 257 g/mol. The van der Waals surface area contributed by atoms with E-state index < -0.39 is 17.8 Å². The van der Waals surface area contributed by atoms with Gasteiger partial charge in [0.2, 0.25) is 0 Å². The molecule has 0 bridgehead atoms. The summed E-state index contributed by atoms with van der Waals surface area (Å²) in [5.41, 5.74) is 0.872. The molecule has 20 heavy (non-hydrogen) atoms. The molecule has 1 unspecified atom stereocenters. The molecule has 0 saturated carbocycles. The number of nitrogens with zero attached hydrogens (tertiary/aromatic N) is 3. The van der Waals surface area contributed by atoms with Crippen molar-refractivity contribution in [1.82, 2.24) is 9.88 Å². The Hall–Kier alpha value is -2.74. The number of benzene rings is 1. The van der Waals surface area contributed by atoms with Crippen LogP contribution in [0, 0.1) is 17.1 Å². The average molecular weight is 269 g/mol. The van der Waals surface area contributed by atoms with E-state index in [-0.39, 0.29) is 5.56 Å². The number of carbonyl (C=O) groups is 1. The van der Waals surface area contributed by atoms with Gasteiger partial charge in [0, 0.05) is 25.0 Å². The minimum atomic E-state index is -0.742. The van der Waals surface area contributed by atoms with Crippen LogP contribution in [-0.4, -0.2) is 22.8 Å². The summed E-state index contributed by atoms with van der Waals surface area (Å²) in [6.45, 7) is 0. The van der Waals surface area contributed by atoms with Crippen molar-refractivity contribution in [2.24, 2.45) is 0 Å². The molecule has 2 rings (SSSR count). The molecule has 1 amide bonds. The second kappa shape index (κ2) is 5.93. The Morgan fingerprint density at radius 2 is 2.05 bits per heavy atom. The third kappa shape index (κ3) is 2.81. The Kier molecular flexibility index (Phi) is 4.06. The summed E-state index contributed by atoms with van der Waals surface area (Å²) in [5, 5.41) is 9.26. The number of amides is 1. The Balaban J connectivity index is 2.28. The lowest BCUT2D eigenvalue weighted by molar-refractivity contribution is 0.0763. The van der Waals surface area contributed by atoms with Crippen molar-refractivity contribution in [2.45, 2.75) is 6.04 Å². The van der Waals surface area contributed by atoms with E-state index in [0.717, 1.165) is 6.07 Å². The molecule has 1 aromatic heterocycles. The van der Waals surface area contributed by atoms with Crippen LogP contribution in [0.4, 0.5) is 4.39 Å². The first-order valence-corrected chi connectivity index (χ1v) is 5.95. The lowest BCUT2D eigenvalue weighted by atomic mass is 10.1. The number of aromatic nitrogens is 1. The van der Waals surface area contributed by atoms with Crippen molar-refractivity contribution in [1.29, 1.82) is 5.26 Å². The number of halogens is 1. The molecule has 0 radical (unpaired) electrons. The molecule has 5 heteroatoms. The van der Waals surface area contributed by atoms with Crippen molar-refractivity contribution in [3.63, 3.8) is 0 Å². The molecule has 0 aliphatic rings. The molecule has 0 aliphatic carbocycles. The Bertz CT molecular complexity index is 652. The van der Waals surface area contributed by atoms with Crippen LogP contribution in [0.15, 0.2) is 48.8 Å². The maximum absolute atomic E-state index is 13.2. The standard InChI is InChI=1S/C15H12FN3O/c1-19(14(10-17)11-5-7-18-8-6-11)15(20)12-3-2-4-13(16)9-12/h2-9,14H,1H3. The molecular formula is C15H12FN3O. The maximum Gasteiger partial charge on any atom is 0.255 e. The summed E-state index contributed by atoms with van der Waals surface area (Å²) in [4.78, 5) is 17.4. The molecule has 1 atom stereocenters. The van der Waals surface area contributed by atoms with E-state index in [2.05, 4.69) is 11.1 Å². The van der Waals surface area contributed by atoms with Gasteiger partial charge in [0.1, 0.15) is 11.9 Å². The zero-order valence-corrected chi connectivity index (χ0v) is 10.8. The molecule has 0 aliphatic heterocycles. The smallest absolute Gasteiger partial charge is 0.255 e. The van der Waals surface area contributed by atoms with Gasteiger partial charge in [-0.15, -0.1) is 0 Å². The van der Waals surface area contributed by atoms with Gasteiger partial charge in [0.15, 0.2) is 0 Å². The topological polar surface area (TPSA) is 57.0 Å². The number of carbonyl (C=O) groups excluding carboxylic acids is 1. The summed E-state index contributed by atoms with van der Waals surface area (Å²) in [5.74, 6) is -0.894. The summed E-state index contributed by atoms with van der Waals surface area (Å²) in [7, 11) is 1.52. The first-order chi connectivity index (χ1) is 9.63. The van der Waals surface area contributed by atoms with Crippen molar-refractivity contribution in [3.8, 4) is 6.07 Å². The molecule has 1 heterocycles. The first-order valence-electron chi connectivity index (χ1n) is 5.95. The van der Waals surface area contributed by atoms with Crippen LogP contribution in [0.5, 0.6) is 0 Å². The molecule has 0 spiro atoms. The van der Waals surface area contributed by atoms with Gasteiger partial charge in [0.05, 0.1) is 6.07 Å². The number of hydrogen-bond donors (Lipinski definition) is 0. The Labute approximate surface area is 116 Å². The predicted molar refractivity (Wildman–Crippen MR) is 71.1 cm³/mol. The largest absolute Gasteiger partial charge is 0.322 e. The van der Waals surface area contributed by atoms with Crippen LogP contribution < -0.4 is 0 Å². The third-order valence-corrected chi connectivity index (χ3v) is 2.92. The zero-order valence-electron chi connectivity index (χ0n) is 10.8. The zero-order chi connectivity index (χ0) is 14.5. The second-order valence-electron chi connectivity index (χ2n) is 4.24. The SMILES string of the molecule is CN(C(=O)c1cccc(F)c1)C(C#N)c1ccncc1. The van der Waals surface area contributed by atoms with Crippen LogP contribution in [0.25, 0.3) is 0 Å². The van der Waals surface area contributed by atoms with E-state index in [0.29, 0.717) is 5.56 Å². The first kappa shape index (κ1) is 13.7. The molecule has 2 aromatic rings. The number of hydrogen-bond acceptors (Lipinski definition) is 3. The van der Waals surface area contributed by atoms with Gasteiger partial charge in [-0.05, 0) is 35.9 Å². The summed E-state index contributed by atoms with van der Waals surface area (Å²) >= 11 is 0. The second-order valence-corrected chi connectivity index (χ2v) is 4.24. The Morgan fingerprint density at radius 1 is 1.35 bits per heavy atom. The lowest BCUT2D eigenvalue weighted by Crippen LogP contribution is -2.30. The molecule has 0 N–H and O–H groups in total. The lowest BCUT2D eigenvalue weighted by Gasteiger charge is -2.23. The normalized spacial score (nSPS) is 11.4. The average Bonchev–Trinajstić information content (AvgIpc) is 2.48. The predicted octanol–water partition coefficient (Wildman–Crippen LogP) is 2.56. The van der Waals surface area contributed by atoms with E-state index in [1.807, 2.05) is 0 Å². The van der Waals surface area contributed by atoms with Crippen LogP contribution in [0.3, 0.4) is 0 Å². The highest BCUT2D eigenvalue weighted by molar-refractivity contribution is 5.94. The van der Waals surface area contributed by atoms with Crippen molar-refractivity contribution < 1.29 is 9.18 Å². The number of rotatable bonds is 3. The van der Waals surface area contributed by atoms with Crippen molar-refractivity contribution in [2.75, 3.05) is 7.05 Å². The highest BCUT2D eigenvalue weighted by atomic mass is 19.1. The number of nitriles is 1. The molecule has 4 nitrogen and oxygen atoms in total. The highest BCUT2D eigenvalue weighted by Gasteiger charge is 2.22. The van der Waals surface area contributed by atoms with E-state index in [1.54, 1.807) is 24.5 Å². The summed E-state index contributed by atoms with van der Waals surface area (Å²) in [6, 6.07) is 10.1. The molecule has 0 fully saturated rings. The van der Waals surface area contributed by atoms with Gasteiger partial charge in [-0.25, -0.2) is 4.39 Å². The van der Waals surface area contributed by atoms with Gasteiger partial charge in [-0.2, -0.15) is 5.26 Å². The number of pyridine rings is 1. The van der Waals surface area contributed by atoms with Crippen LogP contribution in [0.1, 0.15) is 22.0 Å².